The van der Waals surface area contributed by atoms with Gasteiger partial charge in [-0.05, 0) is 51.3 Å². The summed E-state index contributed by atoms with van der Waals surface area (Å²) >= 11 is 1.53. The van der Waals surface area contributed by atoms with E-state index in [-0.39, 0.29) is 4.75 Å². The fraction of sp³-hybridized carbons (Fsp3) is 0.538. The van der Waals surface area contributed by atoms with E-state index in [1.807, 2.05) is 13.0 Å². The highest BCUT2D eigenvalue weighted by Crippen LogP contribution is 2.31. The van der Waals surface area contributed by atoms with Gasteiger partial charge >= 0.3 is 0 Å². The van der Waals surface area contributed by atoms with Crippen molar-refractivity contribution in [1.82, 2.24) is 4.98 Å². The molecule has 4 nitrogen and oxygen atoms in total. The van der Waals surface area contributed by atoms with Crippen molar-refractivity contribution in [2.45, 2.75) is 32.4 Å². The number of aromatic nitrogens is 1. The molecule has 0 unspecified atom stereocenters. The second kappa shape index (κ2) is 5.18. The van der Waals surface area contributed by atoms with Crippen molar-refractivity contribution in [1.29, 1.82) is 0 Å². The first-order valence-electron chi connectivity index (χ1n) is 5.94. The van der Waals surface area contributed by atoms with Gasteiger partial charge in [0.2, 0.25) is 0 Å². The first kappa shape index (κ1) is 13.2. The van der Waals surface area contributed by atoms with Crippen molar-refractivity contribution in [2.24, 2.45) is 4.40 Å². The lowest BCUT2D eigenvalue weighted by Crippen LogP contribution is -2.17. The maximum atomic E-state index is 5.53. The first-order valence-corrected chi connectivity index (χ1v) is 6.72. The molecule has 0 atom stereocenters. The molecule has 5 heteroatoms. The lowest BCUT2D eigenvalue weighted by molar-refractivity contribution is 0.163. The lowest BCUT2D eigenvalue weighted by Gasteiger charge is -2.19. The van der Waals surface area contributed by atoms with Crippen LogP contribution in [-0.2, 0) is 0 Å². The van der Waals surface area contributed by atoms with Crippen LogP contribution in [0.2, 0.25) is 0 Å². The molecule has 98 valence electrons. The van der Waals surface area contributed by atoms with Crippen molar-refractivity contribution in [3.63, 3.8) is 0 Å². The summed E-state index contributed by atoms with van der Waals surface area (Å²) in [5.74, 6) is 1.32. The Morgan fingerprint density at radius 1 is 1.33 bits per heavy atom. The summed E-state index contributed by atoms with van der Waals surface area (Å²) in [5.41, 5.74) is 1.83. The quantitative estimate of drug-likeness (QED) is 0.609. The fourth-order valence-electron chi connectivity index (χ4n) is 1.52. The van der Waals surface area contributed by atoms with Gasteiger partial charge in [0.05, 0.1) is 11.9 Å². The third-order valence-corrected chi connectivity index (χ3v) is 2.99. The van der Waals surface area contributed by atoms with Crippen LogP contribution in [0, 0.1) is 6.92 Å². The molecule has 0 bridgehead atoms. The summed E-state index contributed by atoms with van der Waals surface area (Å²) in [6, 6.07) is 1.96. The summed E-state index contributed by atoms with van der Waals surface area (Å²) in [5, 5.41) is 0. The van der Waals surface area contributed by atoms with Crippen molar-refractivity contribution in [2.75, 3.05) is 13.2 Å². The minimum absolute atomic E-state index is 0.110. The van der Waals surface area contributed by atoms with E-state index in [0.29, 0.717) is 19.1 Å². The van der Waals surface area contributed by atoms with Gasteiger partial charge in [-0.3, -0.25) is 0 Å². The zero-order valence-electron chi connectivity index (χ0n) is 11.2. The SMILES string of the molecule is Cc1cc(C=NSC(C)(C)C)nc2c1OCCO2. The number of fused-ring (bicyclic) bond motifs is 1. The van der Waals surface area contributed by atoms with Gasteiger partial charge in [-0.25, -0.2) is 9.38 Å². The van der Waals surface area contributed by atoms with Gasteiger partial charge < -0.3 is 9.47 Å². The van der Waals surface area contributed by atoms with Crippen LogP contribution in [0.1, 0.15) is 32.0 Å². The van der Waals surface area contributed by atoms with Crippen LogP contribution < -0.4 is 9.47 Å². The summed E-state index contributed by atoms with van der Waals surface area (Å²) in [6.07, 6.45) is 1.77. The minimum atomic E-state index is 0.110. The number of hydrogen-bond donors (Lipinski definition) is 0. The molecular weight excluding hydrogens is 248 g/mol. The molecule has 1 aromatic heterocycles. The second-order valence-corrected chi connectivity index (χ2v) is 6.75. The summed E-state index contributed by atoms with van der Waals surface area (Å²) in [7, 11) is 0. The van der Waals surface area contributed by atoms with Gasteiger partial charge in [0.1, 0.15) is 13.2 Å². The predicted molar refractivity (Wildman–Crippen MR) is 74.9 cm³/mol. The molecule has 1 aromatic rings. The van der Waals surface area contributed by atoms with Gasteiger partial charge in [0, 0.05) is 4.75 Å². The summed E-state index contributed by atoms with van der Waals surface area (Å²) < 4.78 is 15.5. The Morgan fingerprint density at radius 2 is 2.06 bits per heavy atom. The van der Waals surface area contributed by atoms with Crippen LogP contribution in [0.15, 0.2) is 10.5 Å². The van der Waals surface area contributed by atoms with Gasteiger partial charge in [-0.15, -0.1) is 0 Å². The Hall–Kier alpha value is -1.23. The Balaban J connectivity index is 2.17. The number of rotatable bonds is 2. The molecule has 0 spiro atoms. The highest BCUT2D eigenvalue weighted by Gasteiger charge is 2.16. The van der Waals surface area contributed by atoms with Gasteiger partial charge in [-0.2, -0.15) is 0 Å². The third-order valence-electron chi connectivity index (χ3n) is 2.23. The van der Waals surface area contributed by atoms with Gasteiger partial charge in [0.25, 0.3) is 5.88 Å². The van der Waals surface area contributed by atoms with Crippen molar-refractivity contribution < 1.29 is 9.47 Å². The molecule has 0 amide bonds. The van der Waals surface area contributed by atoms with E-state index in [1.165, 1.54) is 11.9 Å². The molecule has 0 saturated heterocycles. The van der Waals surface area contributed by atoms with E-state index in [4.69, 9.17) is 9.47 Å². The highest BCUT2D eigenvalue weighted by atomic mass is 32.2. The first-order chi connectivity index (χ1) is 8.46. The van der Waals surface area contributed by atoms with Gasteiger partial charge in [0.15, 0.2) is 5.75 Å². The number of aryl methyl sites for hydroxylation is 1. The smallest absolute Gasteiger partial charge is 0.258 e. The van der Waals surface area contributed by atoms with Crippen LogP contribution in [0.3, 0.4) is 0 Å². The average Bonchev–Trinajstić information content (AvgIpc) is 2.27. The number of ether oxygens (including phenoxy) is 2. The average molecular weight is 266 g/mol. The molecule has 1 aliphatic rings. The van der Waals surface area contributed by atoms with E-state index < -0.39 is 0 Å². The maximum absolute atomic E-state index is 5.53. The lowest BCUT2D eigenvalue weighted by atomic mass is 10.2. The minimum Gasteiger partial charge on any atom is -0.484 e. The zero-order chi connectivity index (χ0) is 13.2. The van der Waals surface area contributed by atoms with Crippen molar-refractivity contribution >= 4 is 18.2 Å². The Bertz CT molecular complexity index is 467. The molecule has 2 rings (SSSR count). The van der Waals surface area contributed by atoms with Crippen LogP contribution in [-0.4, -0.2) is 29.2 Å². The largest absolute Gasteiger partial charge is 0.484 e. The van der Waals surface area contributed by atoms with E-state index in [1.54, 1.807) is 6.21 Å². The molecule has 0 aromatic carbocycles. The predicted octanol–water partition coefficient (Wildman–Crippen LogP) is 3.03. The van der Waals surface area contributed by atoms with E-state index in [0.717, 1.165) is 17.0 Å². The Morgan fingerprint density at radius 3 is 2.78 bits per heavy atom. The maximum Gasteiger partial charge on any atom is 0.258 e. The topological polar surface area (TPSA) is 43.7 Å². The summed E-state index contributed by atoms with van der Waals surface area (Å²) in [4.78, 5) is 4.38. The molecule has 0 fully saturated rings. The van der Waals surface area contributed by atoms with Gasteiger partial charge in [-0.1, -0.05) is 0 Å². The molecule has 1 aliphatic heterocycles. The van der Waals surface area contributed by atoms with Crippen molar-refractivity contribution in [3.8, 4) is 11.6 Å². The van der Waals surface area contributed by atoms with Crippen molar-refractivity contribution in [3.05, 3.63) is 17.3 Å². The molecule has 0 radical (unpaired) electrons. The van der Waals surface area contributed by atoms with E-state index in [2.05, 4.69) is 30.2 Å². The highest BCUT2D eigenvalue weighted by molar-refractivity contribution is 7.99. The number of hydrogen-bond acceptors (Lipinski definition) is 5. The second-order valence-electron chi connectivity index (χ2n) is 5.13. The van der Waals surface area contributed by atoms with Crippen LogP contribution in [0.25, 0.3) is 0 Å². The molecular formula is C13H18N2O2S. The number of pyridine rings is 1. The molecule has 2 heterocycles. The molecule has 0 saturated carbocycles. The van der Waals surface area contributed by atoms with E-state index >= 15 is 0 Å². The van der Waals surface area contributed by atoms with Crippen LogP contribution in [0.5, 0.6) is 11.6 Å². The van der Waals surface area contributed by atoms with E-state index in [9.17, 15) is 0 Å². The molecule has 0 aliphatic carbocycles. The van der Waals surface area contributed by atoms with Crippen LogP contribution in [0.4, 0.5) is 0 Å². The molecule has 0 N–H and O–H groups in total. The fourth-order valence-corrected chi connectivity index (χ4v) is 1.99. The normalized spacial score (nSPS) is 15.1. The monoisotopic (exact) mass is 266 g/mol. The standard InChI is InChI=1S/C13H18N2O2S/c1-9-7-10(8-14-18-13(2,3)4)15-12-11(9)16-5-6-17-12/h7-8H,5-6H2,1-4H3. The Kier molecular flexibility index (Phi) is 3.80. The summed E-state index contributed by atoms with van der Waals surface area (Å²) in [6.45, 7) is 9.50. The molecule has 18 heavy (non-hydrogen) atoms. The number of nitrogens with zero attached hydrogens (tertiary/aromatic N) is 2. The van der Waals surface area contributed by atoms with Crippen LogP contribution >= 0.6 is 11.9 Å². The zero-order valence-corrected chi connectivity index (χ0v) is 12.0. The Labute approximate surface area is 112 Å². The third kappa shape index (κ3) is 3.38.